The van der Waals surface area contributed by atoms with Gasteiger partial charge >= 0.3 is 6.18 Å². The fourth-order valence-electron chi connectivity index (χ4n) is 3.45. The van der Waals surface area contributed by atoms with Crippen LogP contribution in [0.15, 0.2) is 64.1 Å². The number of aromatic amines is 1. The molecule has 4 heterocycles. The van der Waals surface area contributed by atoms with E-state index >= 15 is 0 Å². The van der Waals surface area contributed by atoms with Crippen LogP contribution in [0.1, 0.15) is 11.4 Å². The lowest BCUT2D eigenvalue weighted by molar-refractivity contribution is -0.140. The maximum absolute atomic E-state index is 13.8. The zero-order valence-corrected chi connectivity index (χ0v) is 16.4. The number of hydrogen-bond donors (Lipinski definition) is 1. The Balaban J connectivity index is 1.75. The Hall–Kier alpha value is -4.28. The number of halogens is 3. The van der Waals surface area contributed by atoms with Gasteiger partial charge in [-0.3, -0.25) is 9.78 Å². The second-order valence-electron chi connectivity index (χ2n) is 6.93. The van der Waals surface area contributed by atoms with Gasteiger partial charge in [0.25, 0.3) is 11.4 Å². The van der Waals surface area contributed by atoms with E-state index in [4.69, 9.17) is 4.42 Å². The first-order valence-electron chi connectivity index (χ1n) is 9.37. The molecular weight excluding hydrogens is 425 g/mol. The van der Waals surface area contributed by atoms with Crippen LogP contribution in [0, 0.1) is 6.92 Å². The van der Waals surface area contributed by atoms with Gasteiger partial charge in [0, 0.05) is 18.1 Å². The highest BCUT2D eigenvalue weighted by Gasteiger charge is 2.39. The third kappa shape index (κ3) is 3.14. The number of alkyl halides is 3. The number of H-pyrrole nitrogens is 1. The first kappa shape index (κ1) is 19.7. The van der Waals surface area contributed by atoms with Crippen LogP contribution >= 0.6 is 0 Å². The van der Waals surface area contributed by atoms with E-state index in [9.17, 15) is 18.0 Å². The number of fused-ring (bicyclic) bond motifs is 1. The molecule has 0 atom stereocenters. The molecule has 32 heavy (non-hydrogen) atoms. The molecule has 0 aliphatic rings. The van der Waals surface area contributed by atoms with Gasteiger partial charge in [0.1, 0.15) is 11.2 Å². The van der Waals surface area contributed by atoms with E-state index in [1.807, 2.05) is 0 Å². The molecule has 1 aromatic carbocycles. The van der Waals surface area contributed by atoms with Gasteiger partial charge in [-0.1, -0.05) is 30.3 Å². The zero-order valence-electron chi connectivity index (χ0n) is 16.4. The van der Waals surface area contributed by atoms with Crippen molar-refractivity contribution in [3.63, 3.8) is 0 Å². The summed E-state index contributed by atoms with van der Waals surface area (Å²) in [4.78, 5) is 20.0. The van der Waals surface area contributed by atoms with Crippen molar-refractivity contribution in [3.8, 4) is 34.0 Å². The molecule has 160 valence electrons. The van der Waals surface area contributed by atoms with Crippen LogP contribution in [-0.2, 0) is 6.18 Å². The van der Waals surface area contributed by atoms with E-state index in [0.29, 0.717) is 10.1 Å². The lowest BCUT2D eigenvalue weighted by atomic mass is 10.1. The fraction of sp³-hybridized carbons (Fsp3) is 0.0952. The normalized spacial score (nSPS) is 11.9. The Morgan fingerprint density at radius 2 is 1.69 bits per heavy atom. The van der Waals surface area contributed by atoms with Crippen LogP contribution < -0.4 is 5.56 Å². The summed E-state index contributed by atoms with van der Waals surface area (Å²) in [7, 11) is 0. The molecule has 5 rings (SSSR count). The number of rotatable bonds is 3. The monoisotopic (exact) mass is 438 g/mol. The van der Waals surface area contributed by atoms with Crippen molar-refractivity contribution >= 4 is 5.65 Å². The van der Waals surface area contributed by atoms with E-state index in [0.717, 1.165) is 0 Å². The molecular formula is C21H13F3N6O2. The van der Waals surface area contributed by atoms with Crippen LogP contribution in [-0.4, -0.2) is 29.8 Å². The van der Waals surface area contributed by atoms with Gasteiger partial charge in [-0.15, -0.1) is 10.2 Å². The second kappa shape index (κ2) is 7.15. The van der Waals surface area contributed by atoms with Gasteiger partial charge < -0.3 is 9.40 Å². The molecule has 0 amide bonds. The Morgan fingerprint density at radius 3 is 2.38 bits per heavy atom. The maximum atomic E-state index is 13.8. The molecule has 1 N–H and O–H groups in total. The predicted octanol–water partition coefficient (Wildman–Crippen LogP) is 4.13. The van der Waals surface area contributed by atoms with E-state index < -0.39 is 17.4 Å². The molecule has 4 aromatic heterocycles. The SMILES string of the molecule is Cc1[nH]c2c(-c3ccccc3)c(C(F)(F)F)nn2c(=O)c1-c1nnc(-c2cccnc2)o1. The van der Waals surface area contributed by atoms with Crippen LogP contribution in [0.25, 0.3) is 39.7 Å². The van der Waals surface area contributed by atoms with Gasteiger partial charge in [-0.2, -0.15) is 22.8 Å². The molecule has 0 spiro atoms. The molecule has 0 aliphatic heterocycles. The number of nitrogens with one attached hydrogen (secondary N) is 1. The van der Waals surface area contributed by atoms with E-state index in [-0.39, 0.29) is 39.8 Å². The molecule has 0 fully saturated rings. The van der Waals surface area contributed by atoms with Crippen LogP contribution in [0.3, 0.4) is 0 Å². The minimum Gasteiger partial charge on any atom is -0.416 e. The quantitative estimate of drug-likeness (QED) is 0.455. The molecule has 0 unspecified atom stereocenters. The number of aryl methyl sites for hydroxylation is 1. The standard InChI is InChI=1S/C21H13F3N6O2/c1-11-14(19-28-27-18(32-19)13-8-5-9-25-10-13)20(31)30-17(26-11)15(12-6-3-2-4-7-12)16(29-30)21(22,23)24/h2-10,26H,1H3. The van der Waals surface area contributed by atoms with Crippen molar-refractivity contribution < 1.29 is 17.6 Å². The van der Waals surface area contributed by atoms with Crippen molar-refractivity contribution in [1.29, 1.82) is 0 Å². The Bertz CT molecular complexity index is 1490. The van der Waals surface area contributed by atoms with E-state index in [1.165, 1.54) is 18.3 Å². The van der Waals surface area contributed by atoms with Gasteiger partial charge in [0.2, 0.25) is 5.89 Å². The molecule has 5 aromatic rings. The number of hydrogen-bond acceptors (Lipinski definition) is 6. The fourth-order valence-corrected chi connectivity index (χ4v) is 3.45. The topological polar surface area (TPSA) is 102 Å². The molecule has 0 saturated heterocycles. The van der Waals surface area contributed by atoms with Crippen LogP contribution in [0.5, 0.6) is 0 Å². The summed E-state index contributed by atoms with van der Waals surface area (Å²) >= 11 is 0. The Kier molecular flexibility index (Phi) is 4.40. The van der Waals surface area contributed by atoms with Crippen molar-refractivity contribution in [2.45, 2.75) is 13.1 Å². The van der Waals surface area contributed by atoms with Gasteiger partial charge in [-0.25, -0.2) is 0 Å². The first-order valence-corrected chi connectivity index (χ1v) is 9.37. The van der Waals surface area contributed by atoms with E-state index in [2.05, 4.69) is 25.3 Å². The average Bonchev–Trinajstić information content (AvgIpc) is 3.40. The highest BCUT2D eigenvalue weighted by molar-refractivity contribution is 5.81. The smallest absolute Gasteiger partial charge is 0.416 e. The zero-order chi connectivity index (χ0) is 22.5. The molecule has 11 heteroatoms. The first-order chi connectivity index (χ1) is 15.3. The molecule has 0 aliphatic carbocycles. The molecule has 0 radical (unpaired) electrons. The van der Waals surface area contributed by atoms with Crippen molar-refractivity contribution in [2.75, 3.05) is 0 Å². The number of aromatic nitrogens is 6. The maximum Gasteiger partial charge on any atom is 0.435 e. The predicted molar refractivity (Wildman–Crippen MR) is 108 cm³/mol. The minimum atomic E-state index is -4.77. The summed E-state index contributed by atoms with van der Waals surface area (Å²) in [5, 5.41) is 11.4. The summed E-state index contributed by atoms with van der Waals surface area (Å²) in [6.07, 6.45) is -1.69. The third-order valence-electron chi connectivity index (χ3n) is 4.85. The number of nitrogens with zero attached hydrogens (tertiary/aromatic N) is 5. The summed E-state index contributed by atoms with van der Waals surface area (Å²) in [6.45, 7) is 1.54. The third-order valence-corrected chi connectivity index (χ3v) is 4.85. The Morgan fingerprint density at radius 1 is 0.969 bits per heavy atom. The molecule has 0 bridgehead atoms. The Labute approximate surface area is 177 Å². The van der Waals surface area contributed by atoms with Gasteiger partial charge in [0.15, 0.2) is 5.69 Å². The highest BCUT2D eigenvalue weighted by Crippen LogP contribution is 2.38. The van der Waals surface area contributed by atoms with Crippen LogP contribution in [0.2, 0.25) is 0 Å². The van der Waals surface area contributed by atoms with Crippen LogP contribution in [0.4, 0.5) is 13.2 Å². The van der Waals surface area contributed by atoms with Crippen molar-refractivity contribution in [3.05, 3.63) is 76.6 Å². The number of benzene rings is 1. The van der Waals surface area contributed by atoms with Crippen molar-refractivity contribution in [1.82, 2.24) is 29.8 Å². The molecule has 0 saturated carbocycles. The summed E-state index contributed by atoms with van der Waals surface area (Å²) in [5.74, 6) is -0.0248. The summed E-state index contributed by atoms with van der Waals surface area (Å²) < 4.78 is 47.6. The summed E-state index contributed by atoms with van der Waals surface area (Å²) in [5.41, 5.74) is -1.29. The minimum absolute atomic E-state index is 0.0732. The van der Waals surface area contributed by atoms with E-state index in [1.54, 1.807) is 43.5 Å². The number of pyridine rings is 1. The summed E-state index contributed by atoms with van der Waals surface area (Å²) in [6, 6.07) is 11.3. The lowest BCUT2D eigenvalue weighted by Gasteiger charge is -2.07. The van der Waals surface area contributed by atoms with Gasteiger partial charge in [0.05, 0.1) is 11.1 Å². The molecule has 8 nitrogen and oxygen atoms in total. The van der Waals surface area contributed by atoms with Gasteiger partial charge in [-0.05, 0) is 24.6 Å². The second-order valence-corrected chi connectivity index (χ2v) is 6.93. The lowest BCUT2D eigenvalue weighted by Crippen LogP contribution is -2.20. The van der Waals surface area contributed by atoms with Crippen molar-refractivity contribution in [2.24, 2.45) is 0 Å². The largest absolute Gasteiger partial charge is 0.435 e. The highest BCUT2D eigenvalue weighted by atomic mass is 19.4. The average molecular weight is 438 g/mol.